The van der Waals surface area contributed by atoms with Gasteiger partial charge < -0.3 is 9.74 Å². The monoisotopic (exact) mass is 429 g/mol. The molecule has 0 saturated carbocycles. The summed E-state index contributed by atoms with van der Waals surface area (Å²) in [5, 5.41) is 7.94. The van der Waals surface area contributed by atoms with Crippen molar-refractivity contribution < 1.29 is 18.0 Å². The van der Waals surface area contributed by atoms with Gasteiger partial charge in [0.2, 0.25) is 16.1 Å². The number of para-hydroxylation sites is 1. The first-order chi connectivity index (χ1) is 14.2. The molecule has 30 heavy (non-hydrogen) atoms. The quantitative estimate of drug-likeness (QED) is 0.609. The molecule has 0 spiro atoms. The minimum Gasteiger partial charge on any atom is -0.382 e. The Morgan fingerprint density at radius 2 is 1.97 bits per heavy atom. The normalized spacial score (nSPS) is 17.4. The first-order valence-electron chi connectivity index (χ1n) is 9.56. The van der Waals surface area contributed by atoms with Crippen molar-refractivity contribution in [1.82, 2.24) is 19.5 Å². The molecule has 2 heterocycles. The van der Waals surface area contributed by atoms with Crippen LogP contribution in [0.25, 0.3) is 11.0 Å². The number of carbonyl (C=O) groups excluding carboxylic acids is 1. The first-order valence-corrected chi connectivity index (χ1v) is 11.0. The van der Waals surface area contributed by atoms with Gasteiger partial charge in [-0.2, -0.15) is 0 Å². The van der Waals surface area contributed by atoms with E-state index in [0.29, 0.717) is 11.0 Å². The number of benzene rings is 2. The standard InChI is InChI=1S/C20H23N5O4S/c1-13-11-15-7-5-6-8-18(15)24(13)20(26)14(2)29-25-19-12-16(30(27,28)23(3)4)9-10-17(19)21-22-25/h5-10,12-14H,11H2,1-4H3. The van der Waals surface area contributed by atoms with E-state index < -0.39 is 16.1 Å². The third kappa shape index (κ3) is 3.31. The summed E-state index contributed by atoms with van der Waals surface area (Å²) >= 11 is 0. The van der Waals surface area contributed by atoms with E-state index in [-0.39, 0.29) is 16.8 Å². The Labute approximate surface area is 174 Å². The SMILES string of the molecule is CC(On1nnc2ccc(S(=O)(=O)N(C)C)cc21)C(=O)N1c2ccccc2CC1C. The molecular formula is C20H23N5O4S. The summed E-state index contributed by atoms with van der Waals surface area (Å²) in [6, 6.07) is 12.3. The third-order valence-electron chi connectivity index (χ3n) is 5.22. The minimum atomic E-state index is -3.63. The molecule has 0 bridgehead atoms. The van der Waals surface area contributed by atoms with Gasteiger partial charge in [0.05, 0.1) is 4.90 Å². The van der Waals surface area contributed by atoms with Crippen LogP contribution >= 0.6 is 0 Å². The van der Waals surface area contributed by atoms with Crippen LogP contribution in [0.4, 0.5) is 5.69 Å². The average Bonchev–Trinajstić information content (AvgIpc) is 3.26. The Morgan fingerprint density at radius 3 is 2.70 bits per heavy atom. The number of hydrogen-bond donors (Lipinski definition) is 0. The fraction of sp³-hybridized carbons (Fsp3) is 0.350. The molecule has 2 unspecified atom stereocenters. The van der Waals surface area contributed by atoms with Crippen molar-refractivity contribution in [2.75, 3.05) is 19.0 Å². The Morgan fingerprint density at radius 1 is 1.23 bits per heavy atom. The molecule has 2 atom stereocenters. The van der Waals surface area contributed by atoms with Gasteiger partial charge in [-0.05, 0) is 55.3 Å². The molecular weight excluding hydrogens is 406 g/mol. The summed E-state index contributed by atoms with van der Waals surface area (Å²) in [6.07, 6.45) is -0.0651. The van der Waals surface area contributed by atoms with E-state index in [1.54, 1.807) is 17.9 Å². The lowest BCUT2D eigenvalue weighted by Crippen LogP contribution is -2.45. The van der Waals surface area contributed by atoms with E-state index in [1.165, 1.54) is 26.2 Å². The highest BCUT2D eigenvalue weighted by atomic mass is 32.2. The van der Waals surface area contributed by atoms with Crippen LogP contribution in [-0.2, 0) is 21.2 Å². The molecule has 4 rings (SSSR count). The largest absolute Gasteiger partial charge is 0.382 e. The lowest BCUT2D eigenvalue weighted by atomic mass is 10.1. The average molecular weight is 430 g/mol. The van der Waals surface area contributed by atoms with Crippen molar-refractivity contribution in [2.24, 2.45) is 0 Å². The van der Waals surface area contributed by atoms with Gasteiger partial charge >= 0.3 is 0 Å². The van der Waals surface area contributed by atoms with Crippen LogP contribution in [0.5, 0.6) is 0 Å². The van der Waals surface area contributed by atoms with E-state index in [4.69, 9.17) is 4.84 Å². The van der Waals surface area contributed by atoms with Gasteiger partial charge in [0.1, 0.15) is 11.0 Å². The van der Waals surface area contributed by atoms with Crippen LogP contribution in [0.1, 0.15) is 19.4 Å². The highest BCUT2D eigenvalue weighted by Gasteiger charge is 2.34. The van der Waals surface area contributed by atoms with Crippen LogP contribution in [0.15, 0.2) is 47.4 Å². The molecule has 10 heteroatoms. The minimum absolute atomic E-state index is 0.0188. The topological polar surface area (TPSA) is 97.6 Å². The predicted molar refractivity (Wildman–Crippen MR) is 112 cm³/mol. The summed E-state index contributed by atoms with van der Waals surface area (Å²) in [4.78, 5) is 21.8. The molecule has 3 aromatic rings. The Kier molecular flexibility index (Phi) is 4.99. The molecule has 0 saturated heterocycles. The number of rotatable bonds is 5. The van der Waals surface area contributed by atoms with Crippen molar-refractivity contribution in [1.29, 1.82) is 0 Å². The van der Waals surface area contributed by atoms with Crippen molar-refractivity contribution >= 4 is 32.7 Å². The zero-order valence-corrected chi connectivity index (χ0v) is 18.0. The summed E-state index contributed by atoms with van der Waals surface area (Å²) in [5.74, 6) is -0.201. The Hall–Kier alpha value is -2.98. The lowest BCUT2D eigenvalue weighted by molar-refractivity contribution is -0.130. The molecule has 1 amide bonds. The zero-order chi connectivity index (χ0) is 21.6. The van der Waals surface area contributed by atoms with E-state index in [9.17, 15) is 13.2 Å². The van der Waals surface area contributed by atoms with Crippen molar-refractivity contribution in [2.45, 2.75) is 37.3 Å². The highest BCUT2D eigenvalue weighted by Crippen LogP contribution is 2.32. The summed E-state index contributed by atoms with van der Waals surface area (Å²) in [5.41, 5.74) is 2.84. The predicted octanol–water partition coefficient (Wildman–Crippen LogP) is 1.48. The van der Waals surface area contributed by atoms with Gasteiger partial charge in [0, 0.05) is 25.8 Å². The molecule has 0 aliphatic carbocycles. The van der Waals surface area contributed by atoms with Crippen LogP contribution in [0.3, 0.4) is 0 Å². The number of amides is 1. The molecule has 9 nitrogen and oxygen atoms in total. The molecule has 2 aromatic carbocycles. The summed E-state index contributed by atoms with van der Waals surface area (Å²) in [7, 11) is -0.709. The fourth-order valence-electron chi connectivity index (χ4n) is 3.62. The number of fused-ring (bicyclic) bond motifs is 2. The van der Waals surface area contributed by atoms with Crippen molar-refractivity contribution in [3.8, 4) is 0 Å². The Balaban J connectivity index is 1.62. The smallest absolute Gasteiger partial charge is 0.270 e. The van der Waals surface area contributed by atoms with Gasteiger partial charge in [-0.3, -0.25) is 4.79 Å². The fourth-order valence-corrected chi connectivity index (χ4v) is 4.54. The van der Waals surface area contributed by atoms with Crippen molar-refractivity contribution in [3.05, 3.63) is 48.0 Å². The van der Waals surface area contributed by atoms with E-state index >= 15 is 0 Å². The number of anilines is 1. The lowest BCUT2D eigenvalue weighted by Gasteiger charge is -2.25. The summed E-state index contributed by atoms with van der Waals surface area (Å²) < 4.78 is 26.0. The summed E-state index contributed by atoms with van der Waals surface area (Å²) in [6.45, 7) is 3.64. The van der Waals surface area contributed by atoms with Gasteiger partial charge in [-0.25, -0.2) is 12.7 Å². The highest BCUT2D eigenvalue weighted by molar-refractivity contribution is 7.89. The van der Waals surface area contributed by atoms with Crippen molar-refractivity contribution in [3.63, 3.8) is 0 Å². The second-order valence-electron chi connectivity index (χ2n) is 7.54. The molecule has 1 aliphatic rings. The number of aromatic nitrogens is 3. The van der Waals surface area contributed by atoms with E-state index in [2.05, 4.69) is 10.3 Å². The van der Waals surface area contributed by atoms with E-state index in [1.807, 2.05) is 31.2 Å². The maximum Gasteiger partial charge on any atom is 0.270 e. The molecule has 1 aromatic heterocycles. The first kappa shape index (κ1) is 20.3. The third-order valence-corrected chi connectivity index (χ3v) is 7.03. The zero-order valence-electron chi connectivity index (χ0n) is 17.2. The second-order valence-corrected chi connectivity index (χ2v) is 9.69. The maximum absolute atomic E-state index is 13.1. The van der Waals surface area contributed by atoms with Crippen LogP contribution in [-0.4, -0.2) is 60.0 Å². The second kappa shape index (κ2) is 7.37. The number of nitrogens with zero attached hydrogens (tertiary/aromatic N) is 5. The molecule has 0 fully saturated rings. The van der Waals surface area contributed by atoms with Gasteiger partial charge in [-0.1, -0.05) is 23.0 Å². The van der Waals surface area contributed by atoms with Crippen LogP contribution < -0.4 is 9.74 Å². The molecule has 0 radical (unpaired) electrons. The maximum atomic E-state index is 13.1. The van der Waals surface area contributed by atoms with Gasteiger partial charge in [0.15, 0.2) is 0 Å². The van der Waals surface area contributed by atoms with Gasteiger partial charge in [-0.15, -0.1) is 5.10 Å². The Bertz CT molecular complexity index is 1220. The van der Waals surface area contributed by atoms with Crippen LogP contribution in [0.2, 0.25) is 0 Å². The van der Waals surface area contributed by atoms with E-state index in [0.717, 1.165) is 26.8 Å². The number of hydrogen-bond acceptors (Lipinski definition) is 6. The molecule has 0 N–H and O–H groups in total. The number of sulfonamides is 1. The van der Waals surface area contributed by atoms with Gasteiger partial charge in [0.25, 0.3) is 5.91 Å². The molecule has 158 valence electrons. The number of carbonyl (C=O) groups is 1. The molecule has 1 aliphatic heterocycles. The van der Waals surface area contributed by atoms with Crippen LogP contribution in [0, 0.1) is 0 Å².